The van der Waals surface area contributed by atoms with E-state index in [-0.39, 0.29) is 0 Å². The van der Waals surface area contributed by atoms with Crippen molar-refractivity contribution in [3.8, 4) is 0 Å². The van der Waals surface area contributed by atoms with E-state index in [4.69, 9.17) is 10.3 Å². The van der Waals surface area contributed by atoms with Crippen molar-refractivity contribution >= 4 is 0 Å². The van der Waals surface area contributed by atoms with Gasteiger partial charge in [-0.15, -0.1) is 0 Å². The van der Waals surface area contributed by atoms with E-state index in [2.05, 4.69) is 22.0 Å². The van der Waals surface area contributed by atoms with Crippen LogP contribution >= 0.6 is 0 Å². The highest BCUT2D eigenvalue weighted by Gasteiger charge is 2.16. The van der Waals surface area contributed by atoms with Gasteiger partial charge in [0.2, 0.25) is 0 Å². The average Bonchev–Trinajstić information content (AvgIpc) is 2.65. The van der Waals surface area contributed by atoms with E-state index in [1.165, 1.54) is 12.8 Å². The van der Waals surface area contributed by atoms with Crippen LogP contribution in [-0.4, -0.2) is 44.3 Å². The molecule has 0 spiro atoms. The Kier molecular flexibility index (Phi) is 5.37. The zero-order chi connectivity index (χ0) is 10.2. The second kappa shape index (κ2) is 6.65. The summed E-state index contributed by atoms with van der Waals surface area (Å²) in [5, 5.41) is 3.50. The third kappa shape index (κ3) is 4.46. The molecule has 1 fully saturated rings. The van der Waals surface area contributed by atoms with Gasteiger partial charge in [-0.05, 0) is 38.4 Å². The second-order valence-corrected chi connectivity index (χ2v) is 3.71. The van der Waals surface area contributed by atoms with Crippen LogP contribution in [0.4, 0.5) is 0 Å². The van der Waals surface area contributed by atoms with Gasteiger partial charge >= 0.3 is 0 Å². The fraction of sp³-hybridized carbons (Fsp3) is 1.00. The molecule has 1 heterocycles. The first kappa shape index (κ1) is 11.3. The van der Waals surface area contributed by atoms with Crippen molar-refractivity contribution in [1.29, 1.82) is 0 Å². The molecule has 0 aromatic carbocycles. The highest BCUT2D eigenvalue weighted by molar-refractivity contribution is 4.68. The molecule has 80 valence electrons. The minimum atomic E-state index is 0.416. The van der Waals surface area contributed by atoms with Gasteiger partial charge in [0.15, 0.2) is 0 Å². The molecular weight excluding hydrogens is 180 g/mol. The summed E-state index contributed by atoms with van der Waals surface area (Å²) in [6, 6.07) is 0. The summed E-state index contributed by atoms with van der Waals surface area (Å²) in [4.78, 5) is 4.96. The van der Waals surface area contributed by atoms with Crippen molar-refractivity contribution in [2.24, 2.45) is 5.11 Å². The quantitative estimate of drug-likeness (QED) is 0.283. The lowest BCUT2D eigenvalue weighted by Gasteiger charge is -2.19. The van der Waals surface area contributed by atoms with E-state index in [0.717, 1.165) is 26.1 Å². The Bertz CT molecular complexity index is 197. The number of nitrogens with zero attached hydrogens (tertiary/aromatic N) is 4. The minimum Gasteiger partial charge on any atom is -0.377 e. The van der Waals surface area contributed by atoms with Gasteiger partial charge in [-0.2, -0.15) is 0 Å². The van der Waals surface area contributed by atoms with Crippen LogP contribution < -0.4 is 0 Å². The maximum absolute atomic E-state index is 8.09. The molecule has 0 saturated carbocycles. The molecule has 0 aliphatic carbocycles. The number of hydrogen-bond acceptors (Lipinski definition) is 3. The van der Waals surface area contributed by atoms with Crippen molar-refractivity contribution in [1.82, 2.24) is 4.90 Å². The SMILES string of the molecule is CN(CCCN=[N+]=[N-])CC1CCCO1. The van der Waals surface area contributed by atoms with Gasteiger partial charge in [-0.1, -0.05) is 5.11 Å². The van der Waals surface area contributed by atoms with Crippen molar-refractivity contribution < 1.29 is 4.74 Å². The van der Waals surface area contributed by atoms with E-state index >= 15 is 0 Å². The fourth-order valence-electron chi connectivity index (χ4n) is 1.68. The third-order valence-electron chi connectivity index (χ3n) is 2.40. The van der Waals surface area contributed by atoms with Crippen LogP contribution in [0.1, 0.15) is 19.3 Å². The van der Waals surface area contributed by atoms with Crippen molar-refractivity contribution in [2.45, 2.75) is 25.4 Å². The number of ether oxygens (including phenoxy) is 1. The van der Waals surface area contributed by atoms with E-state index < -0.39 is 0 Å². The van der Waals surface area contributed by atoms with Crippen LogP contribution in [0.5, 0.6) is 0 Å². The molecular formula is C9H18N4O. The predicted molar refractivity (Wildman–Crippen MR) is 55.1 cm³/mol. The van der Waals surface area contributed by atoms with Crippen LogP contribution in [-0.2, 0) is 4.74 Å². The third-order valence-corrected chi connectivity index (χ3v) is 2.40. The Morgan fingerprint density at radius 3 is 3.14 bits per heavy atom. The standard InChI is InChI=1S/C9H18N4O/c1-13(6-3-5-11-12-10)8-9-4-2-7-14-9/h9H,2-8H2,1H3. The molecule has 1 atom stereocenters. The summed E-state index contributed by atoms with van der Waals surface area (Å²) in [6.45, 7) is 3.47. The normalized spacial score (nSPS) is 21.1. The molecule has 1 saturated heterocycles. The van der Waals surface area contributed by atoms with Crippen LogP contribution in [0, 0.1) is 0 Å². The molecule has 1 aliphatic rings. The molecule has 1 rings (SSSR count). The monoisotopic (exact) mass is 198 g/mol. The van der Waals surface area contributed by atoms with Crippen molar-refractivity contribution in [3.05, 3.63) is 10.4 Å². The van der Waals surface area contributed by atoms with E-state index in [9.17, 15) is 0 Å². The van der Waals surface area contributed by atoms with Gasteiger partial charge in [0, 0.05) is 24.6 Å². The molecule has 0 aromatic heterocycles. The Hall–Kier alpha value is -0.770. The fourth-order valence-corrected chi connectivity index (χ4v) is 1.68. The van der Waals surface area contributed by atoms with Crippen molar-refractivity contribution in [3.63, 3.8) is 0 Å². The highest BCUT2D eigenvalue weighted by Crippen LogP contribution is 2.12. The molecule has 0 N–H and O–H groups in total. The van der Waals surface area contributed by atoms with Gasteiger partial charge in [0.05, 0.1) is 6.10 Å². The summed E-state index contributed by atoms with van der Waals surface area (Å²) in [6.07, 6.45) is 3.71. The second-order valence-electron chi connectivity index (χ2n) is 3.71. The summed E-state index contributed by atoms with van der Waals surface area (Å²) in [7, 11) is 2.08. The maximum Gasteiger partial charge on any atom is 0.0702 e. The zero-order valence-electron chi connectivity index (χ0n) is 8.72. The molecule has 0 radical (unpaired) electrons. The van der Waals surface area contributed by atoms with Gasteiger partial charge in [-0.3, -0.25) is 0 Å². The molecule has 5 nitrogen and oxygen atoms in total. The Balaban J connectivity index is 2.02. The average molecular weight is 198 g/mol. The lowest BCUT2D eigenvalue weighted by atomic mass is 10.2. The number of hydrogen-bond donors (Lipinski definition) is 0. The van der Waals surface area contributed by atoms with E-state index in [0.29, 0.717) is 12.6 Å². The lowest BCUT2D eigenvalue weighted by molar-refractivity contribution is 0.0811. The first-order valence-corrected chi connectivity index (χ1v) is 5.14. The number of likely N-dealkylation sites (N-methyl/N-ethyl adjacent to an activating group) is 1. The number of rotatable bonds is 6. The topological polar surface area (TPSA) is 61.2 Å². The van der Waals surface area contributed by atoms with Crippen LogP contribution in [0.2, 0.25) is 0 Å². The van der Waals surface area contributed by atoms with Crippen LogP contribution in [0.15, 0.2) is 5.11 Å². The van der Waals surface area contributed by atoms with Crippen LogP contribution in [0.25, 0.3) is 10.4 Å². The summed E-state index contributed by atoms with van der Waals surface area (Å²) in [5.41, 5.74) is 8.09. The smallest absolute Gasteiger partial charge is 0.0702 e. The minimum absolute atomic E-state index is 0.416. The Morgan fingerprint density at radius 1 is 1.64 bits per heavy atom. The van der Waals surface area contributed by atoms with E-state index in [1.54, 1.807) is 0 Å². The Morgan fingerprint density at radius 2 is 2.50 bits per heavy atom. The molecule has 14 heavy (non-hydrogen) atoms. The van der Waals surface area contributed by atoms with E-state index in [1.807, 2.05) is 0 Å². The van der Waals surface area contributed by atoms with Crippen molar-refractivity contribution in [2.75, 3.05) is 33.3 Å². The van der Waals surface area contributed by atoms with Gasteiger partial charge < -0.3 is 9.64 Å². The Labute approximate surface area is 84.7 Å². The molecule has 1 unspecified atom stereocenters. The lowest BCUT2D eigenvalue weighted by Crippen LogP contribution is -2.29. The van der Waals surface area contributed by atoms with Gasteiger partial charge in [0.1, 0.15) is 0 Å². The molecule has 0 aromatic rings. The maximum atomic E-state index is 8.09. The summed E-state index contributed by atoms with van der Waals surface area (Å²) >= 11 is 0. The summed E-state index contributed by atoms with van der Waals surface area (Å²) < 4.78 is 5.53. The number of azide groups is 1. The zero-order valence-corrected chi connectivity index (χ0v) is 8.72. The summed E-state index contributed by atoms with van der Waals surface area (Å²) in [5.74, 6) is 0. The molecule has 1 aliphatic heterocycles. The first-order valence-electron chi connectivity index (χ1n) is 5.14. The van der Waals surface area contributed by atoms with Crippen LogP contribution in [0.3, 0.4) is 0 Å². The van der Waals surface area contributed by atoms with Gasteiger partial charge in [0.25, 0.3) is 0 Å². The molecule has 0 amide bonds. The molecule has 0 bridgehead atoms. The van der Waals surface area contributed by atoms with Gasteiger partial charge in [-0.25, -0.2) is 0 Å². The highest BCUT2D eigenvalue weighted by atomic mass is 16.5. The first-order chi connectivity index (χ1) is 6.83. The molecule has 5 heteroatoms. The predicted octanol–water partition coefficient (Wildman–Crippen LogP) is 1.80. The largest absolute Gasteiger partial charge is 0.377 e.